The Morgan fingerprint density at radius 1 is 1.04 bits per heavy atom. The van der Waals surface area contributed by atoms with Gasteiger partial charge in [0.05, 0.1) is 17.7 Å². The normalized spacial score (nSPS) is 11.5. The lowest BCUT2D eigenvalue weighted by molar-refractivity contribution is 0.415. The van der Waals surface area contributed by atoms with Crippen LogP contribution in [0, 0.1) is 0 Å². The molecular formula is C17H17N3O3S2. The molecule has 3 aromatic rings. The monoisotopic (exact) mass is 375 g/mol. The van der Waals surface area contributed by atoms with Crippen LogP contribution in [0.3, 0.4) is 0 Å². The molecule has 0 aliphatic rings. The van der Waals surface area contributed by atoms with E-state index in [0.29, 0.717) is 5.82 Å². The van der Waals surface area contributed by atoms with Gasteiger partial charge in [-0.25, -0.2) is 18.1 Å². The van der Waals surface area contributed by atoms with Crippen LogP contribution in [-0.2, 0) is 9.84 Å². The van der Waals surface area contributed by atoms with E-state index in [0.717, 1.165) is 22.2 Å². The zero-order valence-electron chi connectivity index (χ0n) is 14.0. The number of aromatic nitrogens is 3. The van der Waals surface area contributed by atoms with Crippen molar-refractivity contribution in [1.82, 2.24) is 14.8 Å². The third-order valence-corrected chi connectivity index (χ3v) is 5.38. The first-order chi connectivity index (χ1) is 11.9. The average Bonchev–Trinajstić information content (AvgIpc) is 3.05. The molecule has 0 spiro atoms. The van der Waals surface area contributed by atoms with Crippen molar-refractivity contribution in [3.05, 3.63) is 48.5 Å². The van der Waals surface area contributed by atoms with Crippen molar-refractivity contribution in [2.45, 2.75) is 10.1 Å². The molecule has 0 saturated heterocycles. The largest absolute Gasteiger partial charge is 0.497 e. The fourth-order valence-electron chi connectivity index (χ4n) is 2.30. The molecule has 0 radical (unpaired) electrons. The molecule has 1 aromatic heterocycles. The van der Waals surface area contributed by atoms with Crippen LogP contribution >= 0.6 is 11.8 Å². The first-order valence-electron chi connectivity index (χ1n) is 7.38. The minimum Gasteiger partial charge on any atom is -0.497 e. The minimum atomic E-state index is -3.22. The molecule has 0 bridgehead atoms. The number of sulfone groups is 1. The molecule has 0 aliphatic carbocycles. The van der Waals surface area contributed by atoms with Gasteiger partial charge in [-0.15, -0.1) is 5.10 Å². The maximum Gasteiger partial charge on any atom is 0.191 e. The van der Waals surface area contributed by atoms with E-state index in [4.69, 9.17) is 4.74 Å². The van der Waals surface area contributed by atoms with Crippen molar-refractivity contribution < 1.29 is 13.2 Å². The molecule has 0 saturated carbocycles. The Bertz CT molecular complexity index is 979. The second kappa shape index (κ2) is 6.89. The van der Waals surface area contributed by atoms with Crippen LogP contribution in [0.5, 0.6) is 5.75 Å². The Balaban J connectivity index is 2.00. The lowest BCUT2D eigenvalue weighted by atomic mass is 10.2. The topological polar surface area (TPSA) is 74.1 Å². The summed E-state index contributed by atoms with van der Waals surface area (Å²) >= 11 is 1.47. The molecule has 0 aliphatic heterocycles. The van der Waals surface area contributed by atoms with E-state index >= 15 is 0 Å². The Morgan fingerprint density at radius 3 is 2.20 bits per heavy atom. The van der Waals surface area contributed by atoms with Gasteiger partial charge in [0.25, 0.3) is 0 Å². The van der Waals surface area contributed by atoms with Crippen molar-refractivity contribution in [3.63, 3.8) is 0 Å². The zero-order chi connectivity index (χ0) is 18.0. The summed E-state index contributed by atoms with van der Waals surface area (Å²) in [5, 5.41) is 5.28. The van der Waals surface area contributed by atoms with Gasteiger partial charge in [0.2, 0.25) is 0 Å². The van der Waals surface area contributed by atoms with Crippen LogP contribution in [-0.4, -0.2) is 42.8 Å². The zero-order valence-corrected chi connectivity index (χ0v) is 15.6. The summed E-state index contributed by atoms with van der Waals surface area (Å²) in [6, 6.07) is 14.1. The number of hydrogen-bond acceptors (Lipinski definition) is 6. The third-order valence-electron chi connectivity index (χ3n) is 3.62. The highest BCUT2D eigenvalue weighted by Gasteiger charge is 2.14. The first kappa shape index (κ1) is 17.5. The van der Waals surface area contributed by atoms with Gasteiger partial charge in [-0.1, -0.05) is 11.8 Å². The summed E-state index contributed by atoms with van der Waals surface area (Å²) in [6.07, 6.45) is 3.11. The Kier molecular flexibility index (Phi) is 4.82. The van der Waals surface area contributed by atoms with E-state index in [1.165, 1.54) is 18.0 Å². The van der Waals surface area contributed by atoms with Gasteiger partial charge < -0.3 is 4.74 Å². The van der Waals surface area contributed by atoms with E-state index in [1.807, 2.05) is 30.5 Å². The van der Waals surface area contributed by atoms with Gasteiger partial charge in [0, 0.05) is 11.8 Å². The summed E-state index contributed by atoms with van der Waals surface area (Å²) in [5.41, 5.74) is 1.63. The third kappa shape index (κ3) is 3.69. The highest BCUT2D eigenvalue weighted by Crippen LogP contribution is 2.25. The predicted molar refractivity (Wildman–Crippen MR) is 98.2 cm³/mol. The van der Waals surface area contributed by atoms with Crippen molar-refractivity contribution in [2.75, 3.05) is 19.6 Å². The Hall–Kier alpha value is -2.32. The molecule has 0 amide bonds. The maximum absolute atomic E-state index is 11.6. The van der Waals surface area contributed by atoms with Crippen LogP contribution in [0.2, 0.25) is 0 Å². The van der Waals surface area contributed by atoms with E-state index in [9.17, 15) is 8.42 Å². The van der Waals surface area contributed by atoms with E-state index in [-0.39, 0.29) is 4.90 Å². The lowest BCUT2D eigenvalue weighted by Crippen LogP contribution is -2.01. The van der Waals surface area contributed by atoms with Crippen LogP contribution in [0.15, 0.2) is 58.6 Å². The number of methoxy groups -OCH3 is 1. The fourth-order valence-corrected chi connectivity index (χ4v) is 3.42. The number of rotatable bonds is 5. The highest BCUT2D eigenvalue weighted by molar-refractivity contribution is 7.98. The van der Waals surface area contributed by atoms with E-state index < -0.39 is 9.84 Å². The second-order valence-corrected chi connectivity index (χ2v) is 8.12. The molecular weight excluding hydrogens is 358 g/mol. The summed E-state index contributed by atoms with van der Waals surface area (Å²) in [4.78, 5) is 4.83. The minimum absolute atomic E-state index is 0.275. The highest BCUT2D eigenvalue weighted by atomic mass is 32.2. The van der Waals surface area contributed by atoms with Gasteiger partial charge in [-0.3, -0.25) is 0 Å². The number of hydrogen-bond donors (Lipinski definition) is 0. The number of ether oxygens (including phenoxy) is 1. The molecule has 0 unspecified atom stereocenters. The van der Waals surface area contributed by atoms with Gasteiger partial charge in [-0.2, -0.15) is 0 Å². The van der Waals surface area contributed by atoms with E-state index in [2.05, 4.69) is 10.1 Å². The van der Waals surface area contributed by atoms with Crippen LogP contribution in [0.25, 0.3) is 17.1 Å². The van der Waals surface area contributed by atoms with Gasteiger partial charge in [-0.05, 0) is 54.8 Å². The van der Waals surface area contributed by atoms with Gasteiger partial charge in [0.1, 0.15) is 5.75 Å². The molecule has 2 aromatic carbocycles. The van der Waals surface area contributed by atoms with Crippen molar-refractivity contribution >= 4 is 21.6 Å². The molecule has 0 atom stereocenters. The quantitative estimate of drug-likeness (QED) is 0.638. The summed E-state index contributed by atoms with van der Waals surface area (Å²) in [6.45, 7) is 0. The molecule has 3 rings (SSSR count). The number of thioether (sulfide) groups is 1. The number of nitrogens with zero attached hydrogens (tertiary/aromatic N) is 3. The van der Waals surface area contributed by atoms with Crippen LogP contribution < -0.4 is 4.74 Å². The SMILES string of the molecule is COc1ccc(-c2nc(SC)n(-c3ccc(S(C)(=O)=O)cc3)n2)cc1. The summed E-state index contributed by atoms with van der Waals surface area (Å²) in [7, 11) is -1.61. The fraction of sp³-hybridized carbons (Fsp3) is 0.176. The van der Waals surface area contributed by atoms with Crippen molar-refractivity contribution in [2.24, 2.45) is 0 Å². The second-order valence-electron chi connectivity index (χ2n) is 5.33. The molecule has 0 fully saturated rings. The average molecular weight is 375 g/mol. The molecule has 1 heterocycles. The predicted octanol–water partition coefficient (Wildman–Crippen LogP) is 3.07. The molecule has 8 heteroatoms. The standard InChI is InChI=1S/C17H17N3O3S2/c1-23-14-8-4-12(5-9-14)16-18-17(24-2)20(19-16)13-6-10-15(11-7-13)25(3,21)22/h4-11H,1-3H3. The molecule has 6 nitrogen and oxygen atoms in total. The molecule has 130 valence electrons. The van der Waals surface area contributed by atoms with Crippen molar-refractivity contribution in [3.8, 4) is 22.8 Å². The van der Waals surface area contributed by atoms with Crippen LogP contribution in [0.4, 0.5) is 0 Å². The van der Waals surface area contributed by atoms with Gasteiger partial charge in [0.15, 0.2) is 20.8 Å². The lowest BCUT2D eigenvalue weighted by Gasteiger charge is -2.05. The summed E-state index contributed by atoms with van der Waals surface area (Å²) in [5.74, 6) is 1.36. The first-order valence-corrected chi connectivity index (χ1v) is 10.5. The Labute approximate surface area is 150 Å². The maximum atomic E-state index is 11.6. The van der Waals surface area contributed by atoms with E-state index in [1.54, 1.807) is 36.1 Å². The van der Waals surface area contributed by atoms with Crippen molar-refractivity contribution in [1.29, 1.82) is 0 Å². The van der Waals surface area contributed by atoms with Crippen LogP contribution in [0.1, 0.15) is 0 Å². The van der Waals surface area contributed by atoms with Gasteiger partial charge >= 0.3 is 0 Å². The summed E-state index contributed by atoms with van der Waals surface area (Å²) < 4.78 is 30.1. The molecule has 0 N–H and O–H groups in total. The number of benzene rings is 2. The Morgan fingerprint density at radius 2 is 1.68 bits per heavy atom. The molecule has 25 heavy (non-hydrogen) atoms. The smallest absolute Gasteiger partial charge is 0.191 e.